The molecule has 4 aromatic rings. The largest absolute Gasteiger partial charge is 0.378 e. The highest BCUT2D eigenvalue weighted by Crippen LogP contribution is 2.34. The van der Waals surface area contributed by atoms with Crippen LogP contribution in [0, 0.1) is 0 Å². The first-order chi connectivity index (χ1) is 15.1. The molecule has 3 aromatic heterocycles. The van der Waals surface area contributed by atoms with Gasteiger partial charge in [0, 0.05) is 29.1 Å². The number of halogens is 1. The molecule has 0 radical (unpaired) electrons. The third kappa shape index (κ3) is 3.62. The van der Waals surface area contributed by atoms with E-state index in [1.807, 2.05) is 18.2 Å². The Kier molecular flexibility index (Phi) is 5.25. The molecule has 7 nitrogen and oxygen atoms in total. The summed E-state index contributed by atoms with van der Waals surface area (Å²) in [6.07, 6.45) is 3.36. The van der Waals surface area contributed by atoms with E-state index in [-0.39, 0.29) is 4.90 Å². The van der Waals surface area contributed by atoms with Gasteiger partial charge in [-0.15, -0.1) is 0 Å². The average Bonchev–Trinajstić information content (AvgIpc) is 3.22. The number of morpholine rings is 1. The minimum absolute atomic E-state index is 0.195. The van der Waals surface area contributed by atoms with Crippen LogP contribution in [0.2, 0.25) is 0 Å². The van der Waals surface area contributed by atoms with Crippen LogP contribution in [0.15, 0.2) is 76.4 Å². The minimum Gasteiger partial charge on any atom is -0.378 e. The Bertz CT molecular complexity index is 1330. The van der Waals surface area contributed by atoms with Crippen LogP contribution in [0.1, 0.15) is 0 Å². The molecule has 0 N–H and O–H groups in total. The molecule has 1 saturated heterocycles. The van der Waals surface area contributed by atoms with E-state index in [1.165, 1.54) is 3.97 Å². The van der Waals surface area contributed by atoms with E-state index >= 15 is 0 Å². The molecule has 0 spiro atoms. The number of rotatable bonds is 4. The fourth-order valence-electron chi connectivity index (χ4n) is 3.71. The van der Waals surface area contributed by atoms with Crippen molar-refractivity contribution >= 4 is 42.7 Å². The van der Waals surface area contributed by atoms with Crippen LogP contribution >= 0.6 is 15.9 Å². The van der Waals surface area contributed by atoms with Crippen LogP contribution in [-0.4, -0.2) is 48.7 Å². The summed E-state index contributed by atoms with van der Waals surface area (Å²) in [4.78, 5) is 11.4. The summed E-state index contributed by atoms with van der Waals surface area (Å²) in [5.41, 5.74) is 2.36. The lowest BCUT2D eigenvalue weighted by Gasteiger charge is -2.28. The molecule has 31 heavy (non-hydrogen) atoms. The third-order valence-corrected chi connectivity index (χ3v) is 7.69. The lowest BCUT2D eigenvalue weighted by Crippen LogP contribution is -2.36. The smallest absolute Gasteiger partial charge is 0.269 e. The third-order valence-electron chi connectivity index (χ3n) is 5.28. The summed E-state index contributed by atoms with van der Waals surface area (Å²) in [7, 11) is -3.88. The Labute approximate surface area is 188 Å². The van der Waals surface area contributed by atoms with Gasteiger partial charge in [-0.25, -0.2) is 17.4 Å². The van der Waals surface area contributed by atoms with Crippen molar-refractivity contribution in [3.05, 3.63) is 71.5 Å². The summed E-state index contributed by atoms with van der Waals surface area (Å²) in [6, 6.07) is 15.8. The predicted molar refractivity (Wildman–Crippen MR) is 123 cm³/mol. The molecule has 5 rings (SSSR count). The first-order valence-electron chi connectivity index (χ1n) is 9.81. The van der Waals surface area contributed by atoms with Gasteiger partial charge < -0.3 is 9.64 Å². The molecule has 1 aliphatic heterocycles. The van der Waals surface area contributed by atoms with Gasteiger partial charge in [0.2, 0.25) is 0 Å². The van der Waals surface area contributed by atoms with Crippen molar-refractivity contribution in [1.29, 1.82) is 0 Å². The highest BCUT2D eigenvalue weighted by atomic mass is 79.9. The normalized spacial score (nSPS) is 14.8. The van der Waals surface area contributed by atoms with Crippen LogP contribution in [-0.2, 0) is 14.8 Å². The van der Waals surface area contributed by atoms with Crippen LogP contribution in [0.4, 0.5) is 5.69 Å². The maximum absolute atomic E-state index is 13.6. The van der Waals surface area contributed by atoms with Crippen molar-refractivity contribution in [3.63, 3.8) is 0 Å². The molecule has 0 amide bonds. The van der Waals surface area contributed by atoms with Crippen LogP contribution in [0.25, 0.3) is 22.4 Å². The quantitative estimate of drug-likeness (QED) is 0.424. The van der Waals surface area contributed by atoms with Gasteiger partial charge in [-0.1, -0.05) is 18.2 Å². The molecule has 1 aliphatic rings. The summed E-state index contributed by atoms with van der Waals surface area (Å²) in [6.45, 7) is 2.98. The molecular weight excluding hydrogens is 480 g/mol. The number of aromatic nitrogens is 3. The van der Waals surface area contributed by atoms with E-state index in [1.54, 1.807) is 48.8 Å². The van der Waals surface area contributed by atoms with Crippen molar-refractivity contribution in [1.82, 2.24) is 13.9 Å². The summed E-state index contributed by atoms with van der Waals surface area (Å²) in [5.74, 6) is 0. The van der Waals surface area contributed by atoms with Gasteiger partial charge in [0.15, 0.2) is 5.65 Å². The van der Waals surface area contributed by atoms with E-state index in [0.717, 1.165) is 23.2 Å². The Morgan fingerprint density at radius 3 is 2.45 bits per heavy atom. The number of hydrogen-bond acceptors (Lipinski definition) is 6. The molecular formula is C22H19BrN4O3S. The topological polar surface area (TPSA) is 77.3 Å². The van der Waals surface area contributed by atoms with Crippen molar-refractivity contribution in [2.75, 3.05) is 31.2 Å². The summed E-state index contributed by atoms with van der Waals surface area (Å²) < 4.78 is 34.6. The predicted octanol–water partition coefficient (Wildman–Crippen LogP) is 3.93. The van der Waals surface area contributed by atoms with Crippen LogP contribution in [0.5, 0.6) is 0 Å². The highest BCUT2D eigenvalue weighted by Gasteiger charge is 2.26. The number of hydrogen-bond donors (Lipinski definition) is 0. The van der Waals surface area contributed by atoms with Gasteiger partial charge in [0.05, 0.1) is 41.4 Å². The fraction of sp³-hybridized carbons (Fsp3) is 0.182. The van der Waals surface area contributed by atoms with Crippen molar-refractivity contribution in [2.45, 2.75) is 4.90 Å². The Morgan fingerprint density at radius 2 is 1.74 bits per heavy atom. The molecule has 0 saturated carbocycles. The van der Waals surface area contributed by atoms with E-state index in [2.05, 4.69) is 30.8 Å². The zero-order valence-corrected chi connectivity index (χ0v) is 18.9. The van der Waals surface area contributed by atoms with Crippen molar-refractivity contribution in [2.24, 2.45) is 0 Å². The molecule has 4 heterocycles. The number of benzene rings is 1. The molecule has 1 aromatic carbocycles. The van der Waals surface area contributed by atoms with Gasteiger partial charge in [0.1, 0.15) is 0 Å². The zero-order chi connectivity index (χ0) is 21.4. The molecule has 0 bridgehead atoms. The molecule has 1 fully saturated rings. The lowest BCUT2D eigenvalue weighted by atomic mass is 10.2. The standard InChI is InChI=1S/C22H19BrN4O3S/c23-19-8-9-24-22-18(19)14-21(27(22)31(28,29)17-4-2-1-3-5-17)20-7-6-16(15-25-20)26-10-12-30-13-11-26/h1-9,14-15H,10-13H2. The van der Waals surface area contributed by atoms with E-state index in [9.17, 15) is 8.42 Å². The zero-order valence-electron chi connectivity index (χ0n) is 16.5. The van der Waals surface area contributed by atoms with Crippen LogP contribution in [0.3, 0.4) is 0 Å². The SMILES string of the molecule is O=S(=O)(c1ccccc1)n1c(-c2ccc(N3CCOCC3)cn2)cc2c(Br)ccnc21. The highest BCUT2D eigenvalue weighted by molar-refractivity contribution is 9.10. The van der Waals surface area contributed by atoms with E-state index in [0.29, 0.717) is 35.6 Å². The Balaban J connectivity index is 1.67. The van der Waals surface area contributed by atoms with Crippen molar-refractivity contribution < 1.29 is 13.2 Å². The number of ether oxygens (including phenoxy) is 1. The van der Waals surface area contributed by atoms with Gasteiger partial charge in [-0.3, -0.25) is 4.98 Å². The van der Waals surface area contributed by atoms with Crippen molar-refractivity contribution in [3.8, 4) is 11.4 Å². The molecule has 9 heteroatoms. The number of anilines is 1. The number of fused-ring (bicyclic) bond motifs is 1. The van der Waals surface area contributed by atoms with Crippen LogP contribution < -0.4 is 4.90 Å². The maximum atomic E-state index is 13.6. The van der Waals surface area contributed by atoms with E-state index in [4.69, 9.17) is 4.74 Å². The molecule has 0 atom stereocenters. The Morgan fingerprint density at radius 1 is 0.968 bits per heavy atom. The molecule has 0 unspecified atom stereocenters. The monoisotopic (exact) mass is 498 g/mol. The van der Waals surface area contributed by atoms with Gasteiger partial charge in [-0.05, 0) is 52.3 Å². The summed E-state index contributed by atoms with van der Waals surface area (Å²) >= 11 is 3.52. The fourth-order valence-corrected chi connectivity index (χ4v) is 5.61. The first-order valence-corrected chi connectivity index (χ1v) is 12.0. The molecule has 158 valence electrons. The van der Waals surface area contributed by atoms with Gasteiger partial charge in [0.25, 0.3) is 10.0 Å². The second-order valence-corrected chi connectivity index (χ2v) is 9.78. The van der Waals surface area contributed by atoms with Gasteiger partial charge >= 0.3 is 0 Å². The second kappa shape index (κ2) is 8.07. The Hall–Kier alpha value is -2.75. The second-order valence-electron chi connectivity index (χ2n) is 7.14. The van der Waals surface area contributed by atoms with E-state index < -0.39 is 10.0 Å². The van der Waals surface area contributed by atoms with Gasteiger partial charge in [-0.2, -0.15) is 0 Å². The molecule has 0 aliphatic carbocycles. The number of nitrogens with zero attached hydrogens (tertiary/aromatic N) is 4. The summed E-state index contributed by atoms with van der Waals surface area (Å²) in [5, 5.41) is 0.705. The average molecular weight is 499 g/mol. The lowest BCUT2D eigenvalue weighted by molar-refractivity contribution is 0.122. The number of pyridine rings is 2. The maximum Gasteiger partial charge on any atom is 0.269 e. The minimum atomic E-state index is -3.88. The first kappa shape index (κ1) is 20.2.